The zero-order valence-electron chi connectivity index (χ0n) is 8.29. The lowest BCUT2D eigenvalue weighted by atomic mass is 10.1. The smallest absolute Gasteiger partial charge is 0.168 e. The number of rotatable bonds is 2. The summed E-state index contributed by atoms with van der Waals surface area (Å²) in [6, 6.07) is 2.33. The number of nitrogen functional groups attached to an aromatic ring is 1. The molecule has 2 heterocycles. The van der Waals surface area contributed by atoms with Gasteiger partial charge in [0.2, 0.25) is 0 Å². The molecule has 1 aromatic rings. The van der Waals surface area contributed by atoms with Crippen LogP contribution >= 0.6 is 0 Å². The van der Waals surface area contributed by atoms with Crippen molar-refractivity contribution in [1.29, 1.82) is 5.26 Å². The van der Waals surface area contributed by atoms with E-state index in [1.165, 1.54) is 0 Å². The second kappa shape index (κ2) is 4.19. The minimum Gasteiger partial charge on any atom is -0.383 e. The normalized spacial score (nSPS) is 17.3. The monoisotopic (exact) mass is 207 g/mol. The van der Waals surface area contributed by atoms with E-state index < -0.39 is 0 Å². The van der Waals surface area contributed by atoms with Crippen LogP contribution in [-0.2, 0) is 4.74 Å². The summed E-state index contributed by atoms with van der Waals surface area (Å²) < 4.78 is 5.24. The maximum atomic E-state index is 8.86. The lowest BCUT2D eigenvalue weighted by Crippen LogP contribution is -2.28. The first-order chi connectivity index (χ1) is 7.31. The molecule has 0 bridgehead atoms. The van der Waals surface area contributed by atoms with Crippen LogP contribution in [0.2, 0.25) is 0 Å². The molecule has 2 rings (SSSR count). The van der Waals surface area contributed by atoms with E-state index in [-0.39, 0.29) is 0 Å². The molecule has 1 aliphatic rings. The Balaban J connectivity index is 2.06. The molecule has 1 fully saturated rings. The molecule has 0 unspecified atom stereocenters. The summed E-state index contributed by atoms with van der Waals surface area (Å²) in [5, 5.41) is 18.6. The SMILES string of the molecule is N#Cc1c(NC2CCOCC2)n[nH]c1N. The Labute approximate surface area is 87.4 Å². The zero-order valence-corrected chi connectivity index (χ0v) is 8.29. The Hall–Kier alpha value is -1.74. The van der Waals surface area contributed by atoms with Crippen LogP contribution in [0.5, 0.6) is 0 Å². The van der Waals surface area contributed by atoms with E-state index in [9.17, 15) is 0 Å². The Kier molecular flexibility index (Phi) is 2.74. The van der Waals surface area contributed by atoms with E-state index in [0.29, 0.717) is 23.2 Å². The zero-order chi connectivity index (χ0) is 10.7. The highest BCUT2D eigenvalue weighted by molar-refractivity contribution is 5.63. The average Bonchev–Trinajstić information content (AvgIpc) is 2.61. The topological polar surface area (TPSA) is 99.7 Å². The van der Waals surface area contributed by atoms with Crippen LogP contribution in [0.15, 0.2) is 0 Å². The summed E-state index contributed by atoms with van der Waals surface area (Å²) in [4.78, 5) is 0. The van der Waals surface area contributed by atoms with Gasteiger partial charge in [0.15, 0.2) is 5.82 Å². The lowest BCUT2D eigenvalue weighted by Gasteiger charge is -2.22. The first-order valence-electron chi connectivity index (χ1n) is 4.89. The van der Waals surface area contributed by atoms with Gasteiger partial charge < -0.3 is 15.8 Å². The molecule has 0 saturated carbocycles. The maximum Gasteiger partial charge on any atom is 0.168 e. The van der Waals surface area contributed by atoms with Gasteiger partial charge in [-0.1, -0.05) is 0 Å². The lowest BCUT2D eigenvalue weighted by molar-refractivity contribution is 0.0904. The summed E-state index contributed by atoms with van der Waals surface area (Å²) in [5.41, 5.74) is 5.94. The van der Waals surface area contributed by atoms with Crippen molar-refractivity contribution in [1.82, 2.24) is 10.2 Å². The highest BCUT2D eigenvalue weighted by Crippen LogP contribution is 2.20. The fraction of sp³-hybridized carbons (Fsp3) is 0.556. The number of nitrogens with zero attached hydrogens (tertiary/aromatic N) is 2. The minimum absolute atomic E-state index is 0.312. The Morgan fingerprint density at radius 1 is 1.53 bits per heavy atom. The van der Waals surface area contributed by atoms with Crippen molar-refractivity contribution in [3.63, 3.8) is 0 Å². The molecule has 4 N–H and O–H groups in total. The molecule has 0 atom stereocenters. The number of nitrogens with two attached hydrogens (primary N) is 1. The van der Waals surface area contributed by atoms with Crippen LogP contribution in [-0.4, -0.2) is 29.5 Å². The predicted molar refractivity (Wildman–Crippen MR) is 55.2 cm³/mol. The van der Waals surface area contributed by atoms with Gasteiger partial charge in [-0.15, -0.1) is 0 Å². The third-order valence-electron chi connectivity index (χ3n) is 2.47. The van der Waals surface area contributed by atoms with Gasteiger partial charge in [0.05, 0.1) is 0 Å². The number of aromatic amines is 1. The van der Waals surface area contributed by atoms with Gasteiger partial charge in [-0.2, -0.15) is 10.4 Å². The van der Waals surface area contributed by atoms with Crippen LogP contribution in [0.25, 0.3) is 0 Å². The number of hydrogen-bond donors (Lipinski definition) is 3. The third kappa shape index (κ3) is 2.02. The highest BCUT2D eigenvalue weighted by atomic mass is 16.5. The van der Waals surface area contributed by atoms with Gasteiger partial charge in [-0.05, 0) is 12.8 Å². The van der Waals surface area contributed by atoms with Crippen molar-refractivity contribution in [2.45, 2.75) is 18.9 Å². The second-order valence-corrected chi connectivity index (χ2v) is 3.50. The number of ether oxygens (including phenoxy) is 1. The molecule has 15 heavy (non-hydrogen) atoms. The number of nitrogens with one attached hydrogen (secondary N) is 2. The average molecular weight is 207 g/mol. The number of nitriles is 1. The first-order valence-corrected chi connectivity index (χ1v) is 4.89. The van der Waals surface area contributed by atoms with Gasteiger partial charge in [0.25, 0.3) is 0 Å². The first kappa shape index (κ1) is 9.80. The van der Waals surface area contributed by atoms with E-state index >= 15 is 0 Å². The quantitative estimate of drug-likeness (QED) is 0.654. The van der Waals surface area contributed by atoms with Gasteiger partial charge in [-0.3, -0.25) is 5.10 Å². The highest BCUT2D eigenvalue weighted by Gasteiger charge is 2.17. The predicted octanol–water partition coefficient (Wildman–Crippen LogP) is 0.454. The molecule has 0 aromatic carbocycles. The summed E-state index contributed by atoms with van der Waals surface area (Å²) in [6.07, 6.45) is 1.86. The van der Waals surface area contributed by atoms with Gasteiger partial charge in [-0.25, -0.2) is 0 Å². The Morgan fingerprint density at radius 2 is 2.27 bits per heavy atom. The molecular weight excluding hydrogens is 194 g/mol. The van der Waals surface area contributed by atoms with Gasteiger partial charge in [0.1, 0.15) is 17.5 Å². The summed E-state index contributed by atoms with van der Waals surface area (Å²) in [6.45, 7) is 1.50. The van der Waals surface area contributed by atoms with Gasteiger partial charge in [0, 0.05) is 19.3 Å². The number of H-pyrrole nitrogens is 1. The fourth-order valence-corrected chi connectivity index (χ4v) is 1.61. The molecule has 1 saturated heterocycles. The van der Waals surface area contributed by atoms with E-state index in [1.54, 1.807) is 0 Å². The number of hydrogen-bond acceptors (Lipinski definition) is 5. The standard InChI is InChI=1S/C9H13N5O/c10-5-7-8(11)13-14-9(7)12-6-1-3-15-4-2-6/h6H,1-4H2,(H4,11,12,13,14). The van der Waals surface area contributed by atoms with Crippen LogP contribution in [0.3, 0.4) is 0 Å². The van der Waals surface area contributed by atoms with Crippen molar-refractivity contribution < 1.29 is 4.74 Å². The maximum absolute atomic E-state index is 8.86. The van der Waals surface area contributed by atoms with Crippen molar-refractivity contribution >= 4 is 11.6 Å². The van der Waals surface area contributed by atoms with Crippen LogP contribution in [0.1, 0.15) is 18.4 Å². The van der Waals surface area contributed by atoms with Crippen molar-refractivity contribution in [2.24, 2.45) is 0 Å². The summed E-state index contributed by atoms with van der Waals surface area (Å²) >= 11 is 0. The van der Waals surface area contributed by atoms with E-state index in [0.717, 1.165) is 26.1 Å². The summed E-state index contributed by atoms with van der Waals surface area (Å²) in [7, 11) is 0. The van der Waals surface area contributed by atoms with E-state index in [1.807, 2.05) is 6.07 Å². The Morgan fingerprint density at radius 3 is 2.93 bits per heavy atom. The van der Waals surface area contributed by atoms with Crippen molar-refractivity contribution in [3.05, 3.63) is 5.56 Å². The second-order valence-electron chi connectivity index (χ2n) is 3.50. The molecule has 6 nitrogen and oxygen atoms in total. The van der Waals surface area contributed by atoms with Crippen LogP contribution in [0, 0.1) is 11.3 Å². The number of anilines is 2. The molecule has 80 valence electrons. The molecule has 6 heteroatoms. The van der Waals surface area contributed by atoms with Crippen LogP contribution < -0.4 is 11.1 Å². The molecule has 0 aliphatic carbocycles. The largest absolute Gasteiger partial charge is 0.383 e. The van der Waals surface area contributed by atoms with Gasteiger partial charge >= 0.3 is 0 Å². The fourth-order valence-electron chi connectivity index (χ4n) is 1.61. The summed E-state index contributed by atoms with van der Waals surface area (Å²) in [5.74, 6) is 0.856. The van der Waals surface area contributed by atoms with E-state index in [2.05, 4.69) is 15.5 Å². The molecule has 0 amide bonds. The molecule has 1 aliphatic heterocycles. The molecule has 0 radical (unpaired) electrons. The Bertz CT molecular complexity index is 374. The minimum atomic E-state index is 0.312. The third-order valence-corrected chi connectivity index (χ3v) is 2.47. The molecular formula is C9H13N5O. The van der Waals surface area contributed by atoms with Crippen LogP contribution in [0.4, 0.5) is 11.6 Å². The van der Waals surface area contributed by atoms with Crippen molar-refractivity contribution in [2.75, 3.05) is 24.3 Å². The number of aromatic nitrogens is 2. The van der Waals surface area contributed by atoms with E-state index in [4.69, 9.17) is 15.7 Å². The van der Waals surface area contributed by atoms with Crippen molar-refractivity contribution in [3.8, 4) is 6.07 Å². The molecule has 1 aromatic heterocycles. The molecule has 0 spiro atoms.